The summed E-state index contributed by atoms with van der Waals surface area (Å²) in [5, 5.41) is 3.03. The molecule has 4 rings (SSSR count). The lowest BCUT2D eigenvalue weighted by atomic mass is 10.1. The predicted molar refractivity (Wildman–Crippen MR) is 97.6 cm³/mol. The molecule has 24 heavy (non-hydrogen) atoms. The molecular formula is C16H14ClN3O2S2. The van der Waals surface area contributed by atoms with Gasteiger partial charge in [0.05, 0.1) is 10.5 Å². The van der Waals surface area contributed by atoms with Crippen LogP contribution >= 0.6 is 22.9 Å². The van der Waals surface area contributed by atoms with Crippen molar-refractivity contribution in [1.82, 2.24) is 8.37 Å². The molecule has 0 fully saturated rings. The first-order valence-corrected chi connectivity index (χ1v) is 10.0. The number of benzene rings is 1. The summed E-state index contributed by atoms with van der Waals surface area (Å²) in [4.78, 5) is 0.789. The van der Waals surface area contributed by atoms with Crippen molar-refractivity contribution in [3.63, 3.8) is 0 Å². The Labute approximate surface area is 147 Å². The standard InChI is InChI=1S/C16H14ClN3O2S2/c17-13-9-15-19(7-8-23-15)16(13)24(21,22)20-10-11(5-6-18)12-3-1-2-4-14(12)20/h1-4,7-10H,5-6,18H2. The third-order valence-corrected chi connectivity index (χ3v) is 6.93. The largest absolute Gasteiger partial charge is 0.330 e. The topological polar surface area (TPSA) is 69.5 Å². The van der Waals surface area contributed by atoms with Crippen LogP contribution in [0, 0.1) is 0 Å². The van der Waals surface area contributed by atoms with Crippen LogP contribution in [0.4, 0.5) is 0 Å². The molecule has 1 aromatic carbocycles. The SMILES string of the molecule is NCCc1cn(S(=O)(=O)c2c(Cl)cc3sccn23)c2ccccc12. The minimum atomic E-state index is -3.83. The zero-order valence-electron chi connectivity index (χ0n) is 12.5. The van der Waals surface area contributed by atoms with Crippen molar-refractivity contribution in [1.29, 1.82) is 0 Å². The van der Waals surface area contributed by atoms with Gasteiger partial charge in [-0.3, -0.25) is 4.40 Å². The molecule has 0 unspecified atom stereocenters. The second-order valence-electron chi connectivity index (χ2n) is 5.42. The van der Waals surface area contributed by atoms with Gasteiger partial charge in [-0.25, -0.2) is 3.97 Å². The molecule has 0 radical (unpaired) electrons. The number of fused-ring (bicyclic) bond motifs is 2. The average Bonchev–Trinajstić information content (AvgIpc) is 3.20. The summed E-state index contributed by atoms with van der Waals surface area (Å²) in [6.07, 6.45) is 3.97. The van der Waals surface area contributed by atoms with E-state index in [0.29, 0.717) is 18.5 Å². The molecule has 3 heterocycles. The molecule has 0 bridgehead atoms. The van der Waals surface area contributed by atoms with Gasteiger partial charge in [-0.05, 0) is 30.7 Å². The van der Waals surface area contributed by atoms with Crippen LogP contribution < -0.4 is 5.73 Å². The van der Waals surface area contributed by atoms with E-state index in [2.05, 4.69) is 0 Å². The van der Waals surface area contributed by atoms with Crippen LogP contribution in [0.25, 0.3) is 15.7 Å². The van der Waals surface area contributed by atoms with Crippen LogP contribution in [0.3, 0.4) is 0 Å². The number of nitrogens with zero attached hydrogens (tertiary/aromatic N) is 2. The third-order valence-electron chi connectivity index (χ3n) is 3.99. The second kappa shape index (κ2) is 5.63. The summed E-state index contributed by atoms with van der Waals surface area (Å²) >= 11 is 7.67. The van der Waals surface area contributed by atoms with Gasteiger partial charge in [0.2, 0.25) is 0 Å². The highest BCUT2D eigenvalue weighted by Crippen LogP contribution is 2.33. The Morgan fingerprint density at radius 1 is 1.25 bits per heavy atom. The second-order valence-corrected chi connectivity index (χ2v) is 8.48. The Morgan fingerprint density at radius 3 is 2.83 bits per heavy atom. The number of thiazole rings is 1. The maximum absolute atomic E-state index is 13.3. The van der Waals surface area contributed by atoms with Crippen LogP contribution in [-0.2, 0) is 16.4 Å². The van der Waals surface area contributed by atoms with E-state index >= 15 is 0 Å². The fourth-order valence-corrected chi connectivity index (χ4v) is 5.93. The van der Waals surface area contributed by atoms with Crippen molar-refractivity contribution in [3.05, 3.63) is 58.7 Å². The van der Waals surface area contributed by atoms with Crippen molar-refractivity contribution in [3.8, 4) is 0 Å². The van der Waals surface area contributed by atoms with Gasteiger partial charge in [0.25, 0.3) is 10.0 Å². The number of para-hydroxylation sites is 1. The molecule has 0 spiro atoms. The highest BCUT2D eigenvalue weighted by molar-refractivity contribution is 7.90. The van der Waals surface area contributed by atoms with Gasteiger partial charge in [0, 0.05) is 23.2 Å². The molecule has 0 amide bonds. The van der Waals surface area contributed by atoms with E-state index in [1.54, 1.807) is 28.9 Å². The maximum Gasteiger partial charge on any atom is 0.285 e. The third kappa shape index (κ3) is 2.20. The Hall–Kier alpha value is -1.80. The monoisotopic (exact) mass is 379 g/mol. The zero-order valence-corrected chi connectivity index (χ0v) is 14.9. The normalized spacial score (nSPS) is 12.4. The molecule has 0 aliphatic rings. The van der Waals surface area contributed by atoms with Gasteiger partial charge in [0.15, 0.2) is 5.03 Å². The van der Waals surface area contributed by atoms with Crippen molar-refractivity contribution in [2.24, 2.45) is 5.73 Å². The number of hydrogen-bond donors (Lipinski definition) is 1. The Balaban J connectivity index is 2.03. The quantitative estimate of drug-likeness (QED) is 0.591. The van der Waals surface area contributed by atoms with Gasteiger partial charge in [-0.15, -0.1) is 11.3 Å². The molecule has 0 aliphatic heterocycles. The zero-order chi connectivity index (χ0) is 16.9. The molecule has 0 saturated heterocycles. The molecule has 0 saturated carbocycles. The summed E-state index contributed by atoms with van der Waals surface area (Å²) in [7, 11) is -3.83. The molecule has 8 heteroatoms. The van der Waals surface area contributed by atoms with Gasteiger partial charge in [-0.2, -0.15) is 8.42 Å². The lowest BCUT2D eigenvalue weighted by Gasteiger charge is -2.07. The smallest absolute Gasteiger partial charge is 0.285 e. The first kappa shape index (κ1) is 15.7. The number of nitrogens with two attached hydrogens (primary N) is 1. The Morgan fingerprint density at radius 2 is 2.04 bits per heavy atom. The average molecular weight is 380 g/mol. The Kier molecular flexibility index (Phi) is 3.69. The minimum absolute atomic E-state index is 0.0838. The molecular weight excluding hydrogens is 366 g/mol. The lowest BCUT2D eigenvalue weighted by Crippen LogP contribution is -2.14. The van der Waals surface area contributed by atoms with Crippen LogP contribution in [0.5, 0.6) is 0 Å². The fourth-order valence-electron chi connectivity index (χ4n) is 2.96. The van der Waals surface area contributed by atoms with Gasteiger partial charge < -0.3 is 5.73 Å². The molecule has 124 valence electrons. The van der Waals surface area contributed by atoms with Gasteiger partial charge >= 0.3 is 0 Å². The highest BCUT2D eigenvalue weighted by atomic mass is 35.5. The van der Waals surface area contributed by atoms with E-state index in [0.717, 1.165) is 15.8 Å². The number of aromatic nitrogens is 2. The van der Waals surface area contributed by atoms with E-state index in [-0.39, 0.29) is 10.0 Å². The number of halogens is 1. The molecule has 4 aromatic rings. The summed E-state index contributed by atoms with van der Waals surface area (Å²) in [5.41, 5.74) is 7.20. The molecule has 0 atom stereocenters. The van der Waals surface area contributed by atoms with Crippen molar-refractivity contribution < 1.29 is 8.42 Å². The first-order chi connectivity index (χ1) is 11.5. The molecule has 5 nitrogen and oxygen atoms in total. The molecule has 3 aromatic heterocycles. The summed E-state index contributed by atoms with van der Waals surface area (Å²) in [5.74, 6) is 0. The van der Waals surface area contributed by atoms with Crippen LogP contribution in [0.15, 0.2) is 53.1 Å². The highest BCUT2D eigenvalue weighted by Gasteiger charge is 2.27. The minimum Gasteiger partial charge on any atom is -0.330 e. The fraction of sp³-hybridized carbons (Fsp3) is 0.125. The van der Waals surface area contributed by atoms with E-state index in [1.165, 1.54) is 15.3 Å². The summed E-state index contributed by atoms with van der Waals surface area (Å²) < 4.78 is 29.5. The number of rotatable bonds is 4. The van der Waals surface area contributed by atoms with E-state index in [1.807, 2.05) is 23.6 Å². The predicted octanol–water partition coefficient (Wildman–Crippen LogP) is 3.35. The van der Waals surface area contributed by atoms with Crippen LogP contribution in [0.1, 0.15) is 5.56 Å². The van der Waals surface area contributed by atoms with Crippen molar-refractivity contribution in [2.45, 2.75) is 11.4 Å². The molecule has 0 aliphatic carbocycles. The van der Waals surface area contributed by atoms with Gasteiger partial charge in [0.1, 0.15) is 4.83 Å². The van der Waals surface area contributed by atoms with Crippen LogP contribution in [-0.4, -0.2) is 23.3 Å². The van der Waals surface area contributed by atoms with Crippen molar-refractivity contribution >= 4 is 48.7 Å². The van der Waals surface area contributed by atoms with Crippen LogP contribution in [0.2, 0.25) is 5.02 Å². The lowest BCUT2D eigenvalue weighted by molar-refractivity contribution is 0.584. The summed E-state index contributed by atoms with van der Waals surface area (Å²) in [6.45, 7) is 0.453. The van der Waals surface area contributed by atoms with Crippen molar-refractivity contribution in [2.75, 3.05) is 6.54 Å². The van der Waals surface area contributed by atoms with E-state index in [4.69, 9.17) is 17.3 Å². The maximum atomic E-state index is 13.3. The van der Waals surface area contributed by atoms with E-state index in [9.17, 15) is 8.42 Å². The Bertz CT molecular complexity index is 1150. The number of hydrogen-bond acceptors (Lipinski definition) is 4. The van der Waals surface area contributed by atoms with Gasteiger partial charge in [-0.1, -0.05) is 29.8 Å². The molecule has 2 N–H and O–H groups in total. The van der Waals surface area contributed by atoms with E-state index < -0.39 is 10.0 Å². The summed E-state index contributed by atoms with van der Waals surface area (Å²) in [6, 6.07) is 9.08. The first-order valence-electron chi connectivity index (χ1n) is 7.32.